The van der Waals surface area contributed by atoms with Crippen molar-refractivity contribution in [1.82, 2.24) is 0 Å². The van der Waals surface area contributed by atoms with Crippen molar-refractivity contribution in [2.24, 2.45) is 5.73 Å². The fourth-order valence-corrected chi connectivity index (χ4v) is 2.32. The molecule has 4 heteroatoms. The lowest BCUT2D eigenvalue weighted by molar-refractivity contribution is -0.143. The van der Waals surface area contributed by atoms with Gasteiger partial charge in [0.25, 0.3) is 0 Å². The van der Waals surface area contributed by atoms with Crippen molar-refractivity contribution in [1.29, 1.82) is 0 Å². The molecule has 17 heavy (non-hydrogen) atoms. The monoisotopic (exact) mass is 243 g/mol. The molecule has 0 spiro atoms. The van der Waals surface area contributed by atoms with Crippen LogP contribution in [0.3, 0.4) is 0 Å². The lowest BCUT2D eigenvalue weighted by atomic mass is 10.00. The number of hydrogen-bond acceptors (Lipinski definition) is 3. The van der Waals surface area contributed by atoms with Gasteiger partial charge in [-0.25, -0.2) is 0 Å². The van der Waals surface area contributed by atoms with Gasteiger partial charge < -0.3 is 15.6 Å². The van der Waals surface area contributed by atoms with Crippen LogP contribution in [0.2, 0.25) is 0 Å². The van der Waals surface area contributed by atoms with Crippen LogP contribution in [0.4, 0.5) is 0 Å². The van der Waals surface area contributed by atoms with Crippen molar-refractivity contribution < 1.29 is 14.6 Å². The highest BCUT2D eigenvalue weighted by Crippen LogP contribution is 2.30. The van der Waals surface area contributed by atoms with Gasteiger partial charge in [-0.3, -0.25) is 4.79 Å². The third-order valence-electron chi connectivity index (χ3n) is 3.53. The highest BCUT2D eigenvalue weighted by atomic mass is 16.5. The van der Waals surface area contributed by atoms with Crippen LogP contribution in [0.1, 0.15) is 58.3 Å². The molecule has 0 aromatic rings. The van der Waals surface area contributed by atoms with Crippen LogP contribution in [-0.2, 0) is 9.53 Å². The third-order valence-corrected chi connectivity index (χ3v) is 3.53. The van der Waals surface area contributed by atoms with E-state index in [1.54, 1.807) is 0 Å². The van der Waals surface area contributed by atoms with E-state index < -0.39 is 11.5 Å². The van der Waals surface area contributed by atoms with E-state index in [-0.39, 0.29) is 6.10 Å². The Kier molecular flexibility index (Phi) is 5.92. The molecule has 3 N–H and O–H groups in total. The van der Waals surface area contributed by atoms with E-state index in [0.717, 1.165) is 19.4 Å². The summed E-state index contributed by atoms with van der Waals surface area (Å²) in [7, 11) is 0. The van der Waals surface area contributed by atoms with E-state index in [1.807, 2.05) is 0 Å². The minimum Gasteiger partial charge on any atom is -0.480 e. The smallest absolute Gasteiger partial charge is 0.323 e. The molecule has 0 amide bonds. The number of nitrogens with two attached hydrogens (primary N) is 1. The molecule has 1 fully saturated rings. The number of carboxylic acids is 1. The molecule has 2 atom stereocenters. The zero-order valence-corrected chi connectivity index (χ0v) is 10.8. The standard InChI is InChI=1S/C13H25NO3/c1-2-3-4-5-6-9-17-11-7-8-13(14,10-11)12(15)16/h11H,2-10,14H2,1H3,(H,15,16). The van der Waals surface area contributed by atoms with Gasteiger partial charge >= 0.3 is 5.97 Å². The molecule has 2 unspecified atom stereocenters. The maximum Gasteiger partial charge on any atom is 0.323 e. The number of aliphatic carboxylic acids is 1. The zero-order valence-electron chi connectivity index (χ0n) is 10.8. The van der Waals surface area contributed by atoms with Crippen LogP contribution in [-0.4, -0.2) is 29.3 Å². The normalized spacial score (nSPS) is 28.5. The number of carboxylic acid groups (broad SMARTS) is 1. The Balaban J connectivity index is 2.08. The van der Waals surface area contributed by atoms with Gasteiger partial charge in [-0.2, -0.15) is 0 Å². The van der Waals surface area contributed by atoms with Crippen LogP contribution >= 0.6 is 0 Å². The minimum absolute atomic E-state index is 0.0438. The van der Waals surface area contributed by atoms with Gasteiger partial charge in [0.05, 0.1) is 6.10 Å². The summed E-state index contributed by atoms with van der Waals surface area (Å²) in [4.78, 5) is 10.9. The fourth-order valence-electron chi connectivity index (χ4n) is 2.32. The quantitative estimate of drug-likeness (QED) is 0.642. The average molecular weight is 243 g/mol. The van der Waals surface area contributed by atoms with Crippen molar-refractivity contribution in [3.63, 3.8) is 0 Å². The first-order valence-corrected chi connectivity index (χ1v) is 6.72. The molecule has 0 bridgehead atoms. The lowest BCUT2D eigenvalue weighted by Gasteiger charge is -2.18. The Bertz CT molecular complexity index is 245. The van der Waals surface area contributed by atoms with Gasteiger partial charge in [0.1, 0.15) is 5.54 Å². The Morgan fingerprint density at radius 3 is 2.71 bits per heavy atom. The highest BCUT2D eigenvalue weighted by molar-refractivity contribution is 5.78. The zero-order chi connectivity index (χ0) is 12.7. The molecule has 0 aromatic carbocycles. The second-order valence-electron chi connectivity index (χ2n) is 5.11. The molecule has 1 saturated carbocycles. The fraction of sp³-hybridized carbons (Fsp3) is 0.923. The Hall–Kier alpha value is -0.610. The highest BCUT2D eigenvalue weighted by Gasteiger charge is 2.42. The summed E-state index contributed by atoms with van der Waals surface area (Å²) in [6, 6.07) is 0. The van der Waals surface area contributed by atoms with Gasteiger partial charge in [-0.15, -0.1) is 0 Å². The summed E-state index contributed by atoms with van der Waals surface area (Å²) in [6.45, 7) is 2.94. The first-order valence-electron chi connectivity index (χ1n) is 6.72. The van der Waals surface area contributed by atoms with Crippen LogP contribution in [0.25, 0.3) is 0 Å². The molecule has 1 rings (SSSR count). The summed E-state index contributed by atoms with van der Waals surface area (Å²) in [6.07, 6.45) is 7.88. The molecular formula is C13H25NO3. The molecule has 1 aliphatic rings. The molecule has 0 aliphatic heterocycles. The minimum atomic E-state index is -1.05. The Morgan fingerprint density at radius 1 is 1.41 bits per heavy atom. The van der Waals surface area contributed by atoms with E-state index >= 15 is 0 Å². The molecule has 100 valence electrons. The summed E-state index contributed by atoms with van der Waals surface area (Å²) >= 11 is 0. The topological polar surface area (TPSA) is 72.5 Å². The average Bonchev–Trinajstić information content (AvgIpc) is 2.67. The van der Waals surface area contributed by atoms with Gasteiger partial charge in [0.2, 0.25) is 0 Å². The molecule has 0 saturated heterocycles. The second-order valence-corrected chi connectivity index (χ2v) is 5.11. The first-order chi connectivity index (χ1) is 8.08. The summed E-state index contributed by atoms with van der Waals surface area (Å²) in [5.74, 6) is -0.897. The first kappa shape index (κ1) is 14.5. The molecule has 4 nitrogen and oxygen atoms in total. The predicted molar refractivity (Wildman–Crippen MR) is 66.9 cm³/mol. The van der Waals surface area contributed by atoms with Gasteiger partial charge in [-0.05, 0) is 19.3 Å². The number of rotatable bonds is 8. The SMILES string of the molecule is CCCCCCCOC1CCC(N)(C(=O)O)C1. The van der Waals surface area contributed by atoms with Gasteiger partial charge in [-0.1, -0.05) is 32.6 Å². The van der Waals surface area contributed by atoms with Gasteiger partial charge in [0, 0.05) is 13.0 Å². The number of carbonyl (C=O) groups is 1. The van der Waals surface area contributed by atoms with Crippen LogP contribution < -0.4 is 5.73 Å². The maximum atomic E-state index is 10.9. The van der Waals surface area contributed by atoms with Crippen molar-refractivity contribution in [2.75, 3.05) is 6.61 Å². The van der Waals surface area contributed by atoms with Crippen molar-refractivity contribution in [2.45, 2.75) is 69.9 Å². The van der Waals surface area contributed by atoms with Gasteiger partial charge in [0.15, 0.2) is 0 Å². The van der Waals surface area contributed by atoms with E-state index in [4.69, 9.17) is 15.6 Å². The second kappa shape index (κ2) is 6.97. The summed E-state index contributed by atoms with van der Waals surface area (Å²) < 4.78 is 5.69. The van der Waals surface area contributed by atoms with Crippen LogP contribution in [0.15, 0.2) is 0 Å². The number of unbranched alkanes of at least 4 members (excludes halogenated alkanes) is 4. The Morgan fingerprint density at radius 2 is 2.12 bits per heavy atom. The van der Waals surface area contributed by atoms with Crippen LogP contribution in [0, 0.1) is 0 Å². The number of ether oxygens (including phenoxy) is 1. The predicted octanol–water partition coefficient (Wildman–Crippen LogP) is 2.31. The molecular weight excluding hydrogens is 218 g/mol. The van der Waals surface area contributed by atoms with E-state index in [1.165, 1.54) is 25.7 Å². The largest absolute Gasteiger partial charge is 0.480 e. The molecule has 1 aliphatic carbocycles. The molecule has 0 heterocycles. The maximum absolute atomic E-state index is 10.9. The van der Waals surface area contributed by atoms with Crippen molar-refractivity contribution >= 4 is 5.97 Å². The molecule has 0 radical (unpaired) electrons. The number of hydrogen-bond donors (Lipinski definition) is 2. The Labute approximate surface area is 104 Å². The van der Waals surface area contributed by atoms with E-state index in [0.29, 0.717) is 12.8 Å². The molecule has 0 aromatic heterocycles. The lowest BCUT2D eigenvalue weighted by Crippen LogP contribution is -2.45. The van der Waals surface area contributed by atoms with Crippen molar-refractivity contribution in [3.05, 3.63) is 0 Å². The van der Waals surface area contributed by atoms with Crippen LogP contribution in [0.5, 0.6) is 0 Å². The third kappa shape index (κ3) is 4.64. The summed E-state index contributed by atoms with van der Waals surface area (Å²) in [5, 5.41) is 8.98. The summed E-state index contributed by atoms with van der Waals surface area (Å²) in [5.41, 5.74) is 4.73. The van der Waals surface area contributed by atoms with E-state index in [2.05, 4.69) is 6.92 Å². The van der Waals surface area contributed by atoms with Crippen molar-refractivity contribution in [3.8, 4) is 0 Å². The van der Waals surface area contributed by atoms with E-state index in [9.17, 15) is 4.79 Å².